The molecule has 2 amide bonds. The van der Waals surface area contributed by atoms with Gasteiger partial charge in [0, 0.05) is 19.6 Å². The van der Waals surface area contributed by atoms with Crippen LogP contribution in [0.15, 0.2) is 0 Å². The van der Waals surface area contributed by atoms with Crippen molar-refractivity contribution in [2.45, 2.75) is 57.5 Å². The zero-order chi connectivity index (χ0) is 14.0. The van der Waals surface area contributed by atoms with Crippen LogP contribution in [0, 0.1) is 5.92 Å². The molecule has 5 heteroatoms. The van der Waals surface area contributed by atoms with Crippen molar-refractivity contribution in [2.24, 2.45) is 5.92 Å². The van der Waals surface area contributed by atoms with Gasteiger partial charge in [0.2, 0.25) is 0 Å². The van der Waals surface area contributed by atoms with Gasteiger partial charge in [-0.3, -0.25) is 0 Å². The van der Waals surface area contributed by atoms with E-state index >= 15 is 0 Å². The fraction of sp³-hybridized carbons (Fsp3) is 0.857. The summed E-state index contributed by atoms with van der Waals surface area (Å²) in [5.41, 5.74) is 0. The number of amides is 2. The number of carboxylic acids is 1. The van der Waals surface area contributed by atoms with Gasteiger partial charge >= 0.3 is 12.0 Å². The molecular formula is C14H24N2O3. The lowest BCUT2D eigenvalue weighted by Crippen LogP contribution is -2.56. The van der Waals surface area contributed by atoms with E-state index in [0.717, 1.165) is 25.7 Å². The van der Waals surface area contributed by atoms with Crippen LogP contribution in [0.3, 0.4) is 0 Å². The largest absolute Gasteiger partial charge is 0.480 e. The van der Waals surface area contributed by atoms with E-state index in [1.165, 1.54) is 6.42 Å². The van der Waals surface area contributed by atoms with Crippen molar-refractivity contribution in [3.8, 4) is 0 Å². The van der Waals surface area contributed by atoms with Crippen molar-refractivity contribution < 1.29 is 14.7 Å². The number of aliphatic carboxylic acids is 1. The molecule has 5 nitrogen and oxygen atoms in total. The van der Waals surface area contributed by atoms with Crippen LogP contribution in [0.2, 0.25) is 0 Å². The lowest BCUT2D eigenvalue weighted by Gasteiger charge is -2.42. The summed E-state index contributed by atoms with van der Waals surface area (Å²) in [4.78, 5) is 27.1. The predicted octanol–water partition coefficient (Wildman–Crippen LogP) is 2.17. The first-order chi connectivity index (χ1) is 9.04. The summed E-state index contributed by atoms with van der Waals surface area (Å²) in [6.45, 7) is 2.66. The molecule has 2 atom stereocenters. The Bertz CT molecular complexity index is 355. The third-order valence-electron chi connectivity index (χ3n) is 4.74. The summed E-state index contributed by atoms with van der Waals surface area (Å²) >= 11 is 0. The molecule has 1 saturated heterocycles. The second kappa shape index (κ2) is 5.80. The smallest absolute Gasteiger partial charge is 0.326 e. The van der Waals surface area contributed by atoms with Crippen LogP contribution in [0.25, 0.3) is 0 Å². The molecule has 0 aromatic carbocycles. The van der Waals surface area contributed by atoms with E-state index in [2.05, 4.69) is 6.92 Å². The van der Waals surface area contributed by atoms with Gasteiger partial charge in [0.25, 0.3) is 0 Å². The van der Waals surface area contributed by atoms with Gasteiger partial charge in [-0.15, -0.1) is 0 Å². The first-order valence-electron chi connectivity index (χ1n) is 7.30. The van der Waals surface area contributed by atoms with E-state index in [1.807, 2.05) is 0 Å². The Morgan fingerprint density at radius 2 is 2.00 bits per heavy atom. The molecule has 19 heavy (non-hydrogen) atoms. The molecule has 1 saturated carbocycles. The topological polar surface area (TPSA) is 60.9 Å². The molecule has 1 aliphatic carbocycles. The molecule has 2 unspecified atom stereocenters. The fourth-order valence-corrected chi connectivity index (χ4v) is 3.00. The first-order valence-corrected chi connectivity index (χ1v) is 7.30. The maximum absolute atomic E-state index is 12.4. The molecule has 0 aromatic heterocycles. The predicted molar refractivity (Wildman–Crippen MR) is 71.9 cm³/mol. The van der Waals surface area contributed by atoms with Gasteiger partial charge in [-0.2, -0.15) is 0 Å². The van der Waals surface area contributed by atoms with Crippen molar-refractivity contribution in [1.29, 1.82) is 0 Å². The molecule has 0 aromatic rings. The second-order valence-electron chi connectivity index (χ2n) is 5.82. The molecule has 2 fully saturated rings. The van der Waals surface area contributed by atoms with Crippen LogP contribution >= 0.6 is 0 Å². The number of nitrogens with zero attached hydrogens (tertiary/aromatic N) is 2. The molecule has 0 bridgehead atoms. The van der Waals surface area contributed by atoms with Crippen LogP contribution in [0.4, 0.5) is 4.79 Å². The molecular weight excluding hydrogens is 244 g/mol. The summed E-state index contributed by atoms with van der Waals surface area (Å²) in [5.74, 6) is -0.437. The lowest BCUT2D eigenvalue weighted by molar-refractivity contribution is -0.144. The van der Waals surface area contributed by atoms with Gasteiger partial charge in [0.05, 0.1) is 0 Å². The number of likely N-dealkylation sites (tertiary alicyclic amines) is 1. The Morgan fingerprint density at radius 3 is 2.47 bits per heavy atom. The average molecular weight is 268 g/mol. The summed E-state index contributed by atoms with van der Waals surface area (Å²) in [5, 5.41) is 9.35. The normalized spacial score (nSPS) is 27.8. The lowest BCUT2D eigenvalue weighted by atomic mass is 9.88. The van der Waals surface area contributed by atoms with E-state index in [1.54, 1.807) is 16.8 Å². The maximum Gasteiger partial charge on any atom is 0.326 e. The van der Waals surface area contributed by atoms with E-state index in [-0.39, 0.29) is 6.03 Å². The van der Waals surface area contributed by atoms with Crippen LogP contribution in [0.5, 0.6) is 0 Å². The van der Waals surface area contributed by atoms with Crippen LogP contribution in [-0.2, 0) is 4.79 Å². The number of carboxylic acid groups (broad SMARTS) is 1. The van der Waals surface area contributed by atoms with Crippen molar-refractivity contribution >= 4 is 12.0 Å². The quantitative estimate of drug-likeness (QED) is 0.853. The minimum Gasteiger partial charge on any atom is -0.480 e. The number of carbonyl (C=O) groups is 2. The highest BCUT2D eigenvalue weighted by Gasteiger charge is 2.38. The Labute approximate surface area is 114 Å². The van der Waals surface area contributed by atoms with Gasteiger partial charge in [-0.1, -0.05) is 13.3 Å². The Morgan fingerprint density at radius 1 is 1.32 bits per heavy atom. The standard InChI is InChI=1S/C14H24N2O3/c1-3-10-7-8-16(12(9-10)13(17)18)14(19)15(2)11-5-4-6-11/h10-12H,3-9H2,1-2H3,(H,17,18). The number of urea groups is 1. The summed E-state index contributed by atoms with van der Waals surface area (Å²) in [6, 6.07) is -0.439. The van der Waals surface area contributed by atoms with E-state index in [0.29, 0.717) is 24.9 Å². The van der Waals surface area contributed by atoms with Crippen molar-refractivity contribution in [2.75, 3.05) is 13.6 Å². The summed E-state index contributed by atoms with van der Waals surface area (Å²) in [7, 11) is 1.80. The Balaban J connectivity index is 2.03. The average Bonchev–Trinajstić information content (AvgIpc) is 2.34. The number of carbonyl (C=O) groups excluding carboxylic acids is 1. The number of hydrogen-bond donors (Lipinski definition) is 1. The second-order valence-corrected chi connectivity index (χ2v) is 5.82. The minimum atomic E-state index is -0.867. The molecule has 0 spiro atoms. The molecule has 0 radical (unpaired) electrons. The monoisotopic (exact) mass is 268 g/mol. The summed E-state index contributed by atoms with van der Waals surface area (Å²) in [6.07, 6.45) is 5.77. The molecule has 1 heterocycles. The minimum absolute atomic E-state index is 0.105. The first kappa shape index (κ1) is 14.2. The van der Waals surface area contributed by atoms with E-state index in [9.17, 15) is 14.7 Å². The third kappa shape index (κ3) is 2.85. The van der Waals surface area contributed by atoms with Gasteiger partial charge in [0.1, 0.15) is 6.04 Å². The molecule has 2 aliphatic rings. The van der Waals surface area contributed by atoms with Crippen molar-refractivity contribution in [1.82, 2.24) is 9.80 Å². The highest BCUT2D eigenvalue weighted by atomic mass is 16.4. The number of hydrogen-bond acceptors (Lipinski definition) is 2. The zero-order valence-corrected chi connectivity index (χ0v) is 11.8. The number of rotatable bonds is 3. The summed E-state index contributed by atoms with van der Waals surface area (Å²) < 4.78 is 0. The highest BCUT2D eigenvalue weighted by Crippen LogP contribution is 2.29. The maximum atomic E-state index is 12.4. The van der Waals surface area contributed by atoms with Gasteiger partial charge in [-0.25, -0.2) is 9.59 Å². The van der Waals surface area contributed by atoms with Gasteiger partial charge in [0.15, 0.2) is 0 Å². The molecule has 1 N–H and O–H groups in total. The molecule has 1 aliphatic heterocycles. The highest BCUT2D eigenvalue weighted by molar-refractivity contribution is 5.83. The van der Waals surface area contributed by atoms with Crippen molar-refractivity contribution in [3.63, 3.8) is 0 Å². The Hall–Kier alpha value is -1.26. The molecule has 108 valence electrons. The Kier molecular flexibility index (Phi) is 4.32. The van der Waals surface area contributed by atoms with Gasteiger partial charge < -0.3 is 14.9 Å². The van der Waals surface area contributed by atoms with Gasteiger partial charge in [-0.05, 0) is 38.0 Å². The van der Waals surface area contributed by atoms with E-state index in [4.69, 9.17) is 0 Å². The molecule has 2 rings (SSSR count). The SMILES string of the molecule is CCC1CCN(C(=O)N(C)C2CCC2)C(C(=O)O)C1. The van der Waals surface area contributed by atoms with Crippen LogP contribution in [0.1, 0.15) is 45.4 Å². The zero-order valence-electron chi connectivity index (χ0n) is 11.8. The fourth-order valence-electron chi connectivity index (χ4n) is 3.00. The van der Waals surface area contributed by atoms with Crippen molar-refractivity contribution in [3.05, 3.63) is 0 Å². The van der Waals surface area contributed by atoms with Crippen LogP contribution < -0.4 is 0 Å². The van der Waals surface area contributed by atoms with E-state index < -0.39 is 12.0 Å². The van der Waals surface area contributed by atoms with Crippen LogP contribution in [-0.4, -0.2) is 52.6 Å². The number of piperidine rings is 1. The third-order valence-corrected chi connectivity index (χ3v) is 4.74.